The van der Waals surface area contributed by atoms with Crippen LogP contribution < -0.4 is 0 Å². The van der Waals surface area contributed by atoms with Gasteiger partial charge in [-0.25, -0.2) is 0 Å². The van der Waals surface area contributed by atoms with Crippen LogP contribution in [0.15, 0.2) is 4.52 Å². The van der Waals surface area contributed by atoms with Gasteiger partial charge in [-0.1, -0.05) is 12.1 Å². The first kappa shape index (κ1) is 12.2. The molecule has 0 bridgehead atoms. The summed E-state index contributed by atoms with van der Waals surface area (Å²) in [5.74, 6) is 1.66. The average Bonchev–Trinajstić information content (AvgIpc) is 2.77. The summed E-state index contributed by atoms with van der Waals surface area (Å²) < 4.78 is 5.24. The van der Waals surface area contributed by atoms with E-state index >= 15 is 0 Å². The fourth-order valence-corrected chi connectivity index (χ4v) is 2.22. The topological polar surface area (TPSA) is 59.2 Å². The van der Waals surface area contributed by atoms with E-state index in [2.05, 4.69) is 22.0 Å². The maximum atomic E-state index is 11.0. The number of nitrogens with zero attached hydrogens (tertiary/aromatic N) is 3. The quantitative estimate of drug-likeness (QED) is 0.792. The van der Waals surface area contributed by atoms with E-state index in [9.17, 15) is 4.79 Å². The van der Waals surface area contributed by atoms with Crippen molar-refractivity contribution in [2.24, 2.45) is 0 Å². The molecule has 0 saturated carbocycles. The minimum atomic E-state index is 0.0677. The molecule has 1 aromatic rings. The Balaban J connectivity index is 1.94. The molecular formula is C12H19N3O2. The van der Waals surface area contributed by atoms with Crippen LogP contribution in [-0.4, -0.2) is 40.5 Å². The van der Waals surface area contributed by atoms with E-state index in [4.69, 9.17) is 4.52 Å². The van der Waals surface area contributed by atoms with E-state index in [0.29, 0.717) is 17.6 Å². The van der Waals surface area contributed by atoms with Crippen molar-refractivity contribution in [3.05, 3.63) is 11.7 Å². The maximum absolute atomic E-state index is 11.0. The van der Waals surface area contributed by atoms with Gasteiger partial charge in [0.25, 0.3) is 0 Å². The smallest absolute Gasteiger partial charge is 0.229 e. The molecule has 0 amide bonds. The van der Waals surface area contributed by atoms with Crippen molar-refractivity contribution >= 4 is 5.78 Å². The number of Topliss-reactive ketones (excluding diaryl/α,β-unsaturated/α-hetero) is 1. The Morgan fingerprint density at radius 3 is 2.76 bits per heavy atom. The first-order valence-corrected chi connectivity index (χ1v) is 6.23. The zero-order valence-electron chi connectivity index (χ0n) is 10.5. The van der Waals surface area contributed by atoms with Crippen LogP contribution in [0, 0.1) is 0 Å². The number of rotatable bonds is 4. The van der Waals surface area contributed by atoms with Crippen molar-refractivity contribution in [3.8, 4) is 0 Å². The largest absolute Gasteiger partial charge is 0.339 e. The summed E-state index contributed by atoms with van der Waals surface area (Å²) in [5, 5.41) is 3.85. The average molecular weight is 237 g/mol. The molecule has 0 N–H and O–H groups in total. The molecule has 0 spiro atoms. The summed E-state index contributed by atoms with van der Waals surface area (Å²) in [7, 11) is 0. The molecule has 1 aliphatic heterocycles. The molecule has 5 heteroatoms. The fraction of sp³-hybridized carbons (Fsp3) is 0.750. The summed E-state index contributed by atoms with van der Waals surface area (Å²) in [6.07, 6.45) is 2.41. The summed E-state index contributed by atoms with van der Waals surface area (Å²) in [6.45, 7) is 7.00. The Morgan fingerprint density at radius 1 is 1.47 bits per heavy atom. The Bertz CT molecular complexity index is 381. The fourth-order valence-electron chi connectivity index (χ4n) is 2.22. The molecule has 1 aliphatic rings. The number of ketones is 1. The second kappa shape index (κ2) is 5.40. The molecule has 0 atom stereocenters. The molecule has 0 unspecified atom stereocenters. The van der Waals surface area contributed by atoms with Crippen LogP contribution in [0.2, 0.25) is 0 Å². The van der Waals surface area contributed by atoms with Gasteiger partial charge in [-0.15, -0.1) is 0 Å². The van der Waals surface area contributed by atoms with Crippen LogP contribution in [0.3, 0.4) is 0 Å². The van der Waals surface area contributed by atoms with Gasteiger partial charge in [-0.05, 0) is 39.4 Å². The number of carbonyl (C=O) groups is 1. The van der Waals surface area contributed by atoms with Crippen LogP contribution in [0.1, 0.15) is 44.3 Å². The van der Waals surface area contributed by atoms with Crippen LogP contribution in [0.4, 0.5) is 0 Å². The second-order valence-electron chi connectivity index (χ2n) is 4.64. The van der Waals surface area contributed by atoms with E-state index in [1.807, 2.05) is 0 Å². The predicted octanol–water partition coefficient (Wildman–Crippen LogP) is 1.40. The number of carbonyl (C=O) groups excluding carboxylic acids is 1. The molecular weight excluding hydrogens is 218 g/mol. The Morgan fingerprint density at radius 2 is 2.18 bits per heavy atom. The van der Waals surface area contributed by atoms with Gasteiger partial charge >= 0.3 is 0 Å². The lowest BCUT2D eigenvalue weighted by Gasteiger charge is -2.28. The molecule has 2 heterocycles. The van der Waals surface area contributed by atoms with Crippen molar-refractivity contribution in [2.75, 3.05) is 19.6 Å². The highest BCUT2D eigenvalue weighted by molar-refractivity contribution is 5.77. The molecule has 1 fully saturated rings. The van der Waals surface area contributed by atoms with Crippen molar-refractivity contribution in [3.63, 3.8) is 0 Å². The summed E-state index contributed by atoms with van der Waals surface area (Å²) >= 11 is 0. The van der Waals surface area contributed by atoms with E-state index in [1.54, 1.807) is 0 Å². The van der Waals surface area contributed by atoms with Gasteiger partial charge in [0.15, 0.2) is 5.82 Å². The molecule has 1 aromatic heterocycles. The minimum absolute atomic E-state index is 0.0677. The molecule has 0 radical (unpaired) electrons. The zero-order valence-corrected chi connectivity index (χ0v) is 10.5. The Labute approximate surface area is 101 Å². The van der Waals surface area contributed by atoms with Gasteiger partial charge in [0, 0.05) is 5.92 Å². The van der Waals surface area contributed by atoms with E-state index in [0.717, 1.165) is 32.5 Å². The molecule has 0 aliphatic carbocycles. The lowest BCUT2D eigenvalue weighted by Crippen LogP contribution is -2.32. The number of hydrogen-bond donors (Lipinski definition) is 0. The highest BCUT2D eigenvalue weighted by Crippen LogP contribution is 2.26. The van der Waals surface area contributed by atoms with Crippen molar-refractivity contribution in [2.45, 2.75) is 39.0 Å². The van der Waals surface area contributed by atoms with Crippen molar-refractivity contribution < 1.29 is 9.32 Å². The van der Waals surface area contributed by atoms with Gasteiger partial charge in [0.1, 0.15) is 5.78 Å². The van der Waals surface area contributed by atoms with Gasteiger partial charge in [0.05, 0.1) is 6.42 Å². The Kier molecular flexibility index (Phi) is 3.89. The zero-order chi connectivity index (χ0) is 12.3. The van der Waals surface area contributed by atoms with Crippen molar-refractivity contribution in [1.82, 2.24) is 15.0 Å². The highest BCUT2D eigenvalue weighted by Gasteiger charge is 2.24. The molecule has 0 aromatic carbocycles. The molecule has 5 nitrogen and oxygen atoms in total. The van der Waals surface area contributed by atoms with Crippen molar-refractivity contribution in [1.29, 1.82) is 0 Å². The molecule has 1 saturated heterocycles. The third-order valence-electron chi connectivity index (χ3n) is 3.27. The monoisotopic (exact) mass is 237 g/mol. The number of likely N-dealkylation sites (tertiary alicyclic amines) is 1. The molecule has 2 rings (SSSR count). The van der Waals surface area contributed by atoms with Gasteiger partial charge in [-0.3, -0.25) is 4.79 Å². The number of aromatic nitrogens is 2. The SMILES string of the molecule is CCN1CCC(c2nc(CC(C)=O)no2)CC1. The Hall–Kier alpha value is -1.23. The summed E-state index contributed by atoms with van der Waals surface area (Å²) in [5.41, 5.74) is 0. The summed E-state index contributed by atoms with van der Waals surface area (Å²) in [4.78, 5) is 17.7. The van der Waals surface area contributed by atoms with Gasteiger partial charge < -0.3 is 9.42 Å². The molecule has 94 valence electrons. The van der Waals surface area contributed by atoms with Crippen LogP contribution in [0.25, 0.3) is 0 Å². The lowest BCUT2D eigenvalue weighted by atomic mass is 9.97. The van der Waals surface area contributed by atoms with Gasteiger partial charge in [0.2, 0.25) is 5.89 Å². The molecule has 17 heavy (non-hydrogen) atoms. The standard InChI is InChI=1S/C12H19N3O2/c1-3-15-6-4-10(5-7-15)12-13-11(14-17-12)8-9(2)16/h10H,3-8H2,1-2H3. The van der Waals surface area contributed by atoms with Crippen LogP contribution >= 0.6 is 0 Å². The predicted molar refractivity (Wildman–Crippen MR) is 62.8 cm³/mol. The summed E-state index contributed by atoms with van der Waals surface area (Å²) in [6, 6.07) is 0. The van der Waals surface area contributed by atoms with E-state index in [1.165, 1.54) is 6.92 Å². The maximum Gasteiger partial charge on any atom is 0.229 e. The highest BCUT2D eigenvalue weighted by atomic mass is 16.5. The first-order chi connectivity index (χ1) is 8.19. The third-order valence-corrected chi connectivity index (χ3v) is 3.27. The van der Waals surface area contributed by atoms with Gasteiger partial charge in [-0.2, -0.15) is 4.98 Å². The number of piperidine rings is 1. The van der Waals surface area contributed by atoms with E-state index in [-0.39, 0.29) is 12.2 Å². The second-order valence-corrected chi connectivity index (χ2v) is 4.64. The number of hydrogen-bond acceptors (Lipinski definition) is 5. The van der Waals surface area contributed by atoms with Crippen LogP contribution in [-0.2, 0) is 11.2 Å². The van der Waals surface area contributed by atoms with Crippen LogP contribution in [0.5, 0.6) is 0 Å². The third kappa shape index (κ3) is 3.12. The lowest BCUT2D eigenvalue weighted by molar-refractivity contribution is -0.116. The van der Waals surface area contributed by atoms with E-state index < -0.39 is 0 Å². The minimum Gasteiger partial charge on any atom is -0.339 e. The first-order valence-electron chi connectivity index (χ1n) is 6.23. The normalized spacial score (nSPS) is 18.5.